The number of nitrogens with one attached hydrogen (secondary N) is 2. The lowest BCUT2D eigenvalue weighted by Crippen LogP contribution is -2.59. The van der Waals surface area contributed by atoms with E-state index in [1.807, 2.05) is 4.90 Å². The van der Waals surface area contributed by atoms with Crippen LogP contribution in [0.2, 0.25) is 0 Å². The van der Waals surface area contributed by atoms with Gasteiger partial charge >= 0.3 is 0 Å². The summed E-state index contributed by atoms with van der Waals surface area (Å²) in [6, 6.07) is 0.994. The van der Waals surface area contributed by atoms with Gasteiger partial charge in [0.05, 0.1) is 0 Å². The number of rotatable bonds is 4. The number of amides is 1. The smallest absolute Gasteiger partial charge is 0.291 e. The Morgan fingerprint density at radius 2 is 2.00 bits per heavy atom. The molecule has 1 aromatic heterocycles. The van der Waals surface area contributed by atoms with Crippen LogP contribution >= 0.6 is 0 Å². The van der Waals surface area contributed by atoms with Gasteiger partial charge in [0.15, 0.2) is 11.6 Å². The summed E-state index contributed by atoms with van der Waals surface area (Å²) in [7, 11) is 3.67. The zero-order chi connectivity index (χ0) is 19.6. The number of nitrogens with zero attached hydrogens (tertiary/aromatic N) is 4. The Hall–Kier alpha value is -2.13. The van der Waals surface area contributed by atoms with Gasteiger partial charge in [0.1, 0.15) is 5.69 Å². The summed E-state index contributed by atoms with van der Waals surface area (Å²) >= 11 is 0. The van der Waals surface area contributed by atoms with Gasteiger partial charge in [-0.1, -0.05) is 6.92 Å². The van der Waals surface area contributed by atoms with Crippen LogP contribution in [0.3, 0.4) is 0 Å². The summed E-state index contributed by atoms with van der Waals surface area (Å²) in [6.45, 7) is 6.86. The molecule has 27 heavy (non-hydrogen) atoms. The van der Waals surface area contributed by atoms with Gasteiger partial charge in [-0.25, -0.2) is 4.98 Å². The summed E-state index contributed by atoms with van der Waals surface area (Å²) in [4.78, 5) is 38.1. The van der Waals surface area contributed by atoms with Gasteiger partial charge in [-0.2, -0.15) is 0 Å². The molecule has 150 valence electrons. The first-order valence-corrected chi connectivity index (χ1v) is 9.75. The fraction of sp³-hybridized carbons (Fsp3) is 0.722. The van der Waals surface area contributed by atoms with Crippen molar-refractivity contribution in [2.75, 3.05) is 57.5 Å². The van der Waals surface area contributed by atoms with Gasteiger partial charge in [0.25, 0.3) is 11.5 Å². The van der Waals surface area contributed by atoms with E-state index in [9.17, 15) is 9.59 Å². The Morgan fingerprint density at radius 3 is 2.63 bits per heavy atom. The van der Waals surface area contributed by atoms with Crippen LogP contribution in [0, 0.1) is 0 Å². The predicted molar refractivity (Wildman–Crippen MR) is 106 cm³/mol. The van der Waals surface area contributed by atoms with E-state index >= 15 is 0 Å². The maximum absolute atomic E-state index is 12.5. The zero-order valence-electron chi connectivity index (χ0n) is 16.5. The van der Waals surface area contributed by atoms with Crippen LogP contribution in [-0.4, -0.2) is 84.6 Å². The molecule has 0 aromatic carbocycles. The molecule has 2 fully saturated rings. The van der Waals surface area contributed by atoms with Crippen LogP contribution < -0.4 is 21.5 Å². The molecule has 2 aliphatic rings. The van der Waals surface area contributed by atoms with Crippen LogP contribution in [0.15, 0.2) is 4.79 Å². The second-order valence-electron chi connectivity index (χ2n) is 7.51. The molecule has 0 saturated carbocycles. The highest BCUT2D eigenvalue weighted by Crippen LogP contribution is 2.24. The molecule has 1 unspecified atom stereocenters. The van der Waals surface area contributed by atoms with Crippen molar-refractivity contribution < 1.29 is 4.79 Å². The molecular weight excluding hydrogens is 346 g/mol. The molecule has 0 bridgehead atoms. The van der Waals surface area contributed by atoms with Gasteiger partial charge in [-0.3, -0.25) is 14.5 Å². The van der Waals surface area contributed by atoms with Gasteiger partial charge in [0, 0.05) is 38.8 Å². The zero-order valence-corrected chi connectivity index (χ0v) is 16.5. The summed E-state index contributed by atoms with van der Waals surface area (Å²) in [5.74, 6) is -0.0847. The van der Waals surface area contributed by atoms with E-state index in [0.29, 0.717) is 17.9 Å². The largest absolute Gasteiger partial charge is 0.382 e. The van der Waals surface area contributed by atoms with Crippen LogP contribution in [0.1, 0.15) is 36.7 Å². The SMILES string of the molecule is CCC1CN(c2nc(N)c(C(=O)NC)[nH]c2=O)CCN1C1CCN(C)CC1. The van der Waals surface area contributed by atoms with Crippen molar-refractivity contribution in [1.82, 2.24) is 25.1 Å². The minimum Gasteiger partial charge on any atom is -0.382 e. The lowest BCUT2D eigenvalue weighted by molar-refractivity contribution is 0.0700. The number of hydrogen-bond donors (Lipinski definition) is 3. The van der Waals surface area contributed by atoms with Crippen molar-refractivity contribution in [1.29, 1.82) is 0 Å². The number of carbonyl (C=O) groups excluding carboxylic acids is 1. The van der Waals surface area contributed by atoms with Gasteiger partial charge in [0.2, 0.25) is 0 Å². The number of H-pyrrole nitrogens is 1. The van der Waals surface area contributed by atoms with Gasteiger partial charge in [-0.05, 0) is 39.4 Å². The van der Waals surface area contributed by atoms with E-state index < -0.39 is 5.91 Å². The highest BCUT2D eigenvalue weighted by Gasteiger charge is 2.33. The maximum Gasteiger partial charge on any atom is 0.291 e. The molecule has 1 amide bonds. The van der Waals surface area contributed by atoms with Crippen LogP contribution in [0.4, 0.5) is 11.6 Å². The highest BCUT2D eigenvalue weighted by molar-refractivity contribution is 5.96. The Kier molecular flexibility index (Phi) is 6.01. The molecule has 3 rings (SSSR count). The topological polar surface area (TPSA) is 111 Å². The number of nitrogens with two attached hydrogens (primary N) is 1. The first-order valence-electron chi connectivity index (χ1n) is 9.75. The summed E-state index contributed by atoms with van der Waals surface area (Å²) in [6.07, 6.45) is 3.41. The molecule has 2 saturated heterocycles. The van der Waals surface area contributed by atoms with Crippen molar-refractivity contribution in [3.8, 4) is 0 Å². The lowest BCUT2D eigenvalue weighted by Gasteiger charge is -2.47. The van der Waals surface area contributed by atoms with E-state index in [1.165, 1.54) is 19.9 Å². The normalized spacial score (nSPS) is 22.8. The second kappa shape index (κ2) is 8.26. The molecule has 9 nitrogen and oxygen atoms in total. The first-order chi connectivity index (χ1) is 12.9. The molecule has 4 N–H and O–H groups in total. The predicted octanol–water partition coefficient (Wildman–Crippen LogP) is -0.293. The molecular formula is C18H31N7O2. The van der Waals surface area contributed by atoms with E-state index in [1.54, 1.807) is 0 Å². The summed E-state index contributed by atoms with van der Waals surface area (Å²) in [5, 5.41) is 2.46. The summed E-state index contributed by atoms with van der Waals surface area (Å²) < 4.78 is 0. The number of piperazine rings is 1. The second-order valence-corrected chi connectivity index (χ2v) is 7.51. The quantitative estimate of drug-likeness (QED) is 0.661. The van der Waals surface area contributed by atoms with Gasteiger partial charge in [-0.15, -0.1) is 0 Å². The Labute approximate surface area is 159 Å². The standard InChI is InChI=1S/C18H31N7O2/c1-4-12-11-24(9-10-25(12)13-5-7-23(3)8-6-13)16-18(27)21-14(15(19)22-16)17(26)20-2/h12-13H,4-11H2,1-3H3,(H2,19,22)(H,20,26)(H,21,27). The van der Waals surface area contributed by atoms with Crippen LogP contribution in [0.5, 0.6) is 0 Å². The number of likely N-dealkylation sites (tertiary alicyclic amines) is 1. The van der Waals surface area contributed by atoms with E-state index in [4.69, 9.17) is 5.73 Å². The number of nitrogen functional groups attached to an aromatic ring is 1. The molecule has 0 aliphatic carbocycles. The minimum atomic E-state index is -0.442. The highest BCUT2D eigenvalue weighted by atomic mass is 16.2. The minimum absolute atomic E-state index is 0.0169. The van der Waals surface area contributed by atoms with Crippen molar-refractivity contribution in [3.05, 3.63) is 16.0 Å². The van der Waals surface area contributed by atoms with Crippen LogP contribution in [0.25, 0.3) is 0 Å². The van der Waals surface area contributed by atoms with E-state index in [2.05, 4.69) is 39.1 Å². The Morgan fingerprint density at radius 1 is 1.30 bits per heavy atom. The lowest BCUT2D eigenvalue weighted by atomic mass is 9.98. The van der Waals surface area contributed by atoms with Gasteiger partial charge < -0.3 is 25.8 Å². The first kappa shape index (κ1) is 19.6. The van der Waals surface area contributed by atoms with Crippen LogP contribution in [-0.2, 0) is 0 Å². The number of aromatic nitrogens is 2. The molecule has 0 radical (unpaired) electrons. The fourth-order valence-electron chi connectivity index (χ4n) is 4.20. The molecule has 1 atom stereocenters. The van der Waals surface area contributed by atoms with Crippen molar-refractivity contribution in [3.63, 3.8) is 0 Å². The third-order valence-electron chi connectivity index (χ3n) is 5.83. The third kappa shape index (κ3) is 4.08. The molecule has 9 heteroatoms. The maximum atomic E-state index is 12.5. The fourth-order valence-corrected chi connectivity index (χ4v) is 4.20. The van der Waals surface area contributed by atoms with E-state index in [-0.39, 0.29) is 17.1 Å². The van der Waals surface area contributed by atoms with E-state index in [0.717, 1.165) is 39.1 Å². The summed E-state index contributed by atoms with van der Waals surface area (Å²) in [5.41, 5.74) is 5.56. The number of anilines is 2. The number of carbonyl (C=O) groups is 1. The molecule has 3 heterocycles. The molecule has 1 aromatic rings. The third-order valence-corrected chi connectivity index (χ3v) is 5.83. The monoisotopic (exact) mass is 377 g/mol. The Bertz CT molecular complexity index is 727. The number of aromatic amines is 1. The average Bonchev–Trinajstić information content (AvgIpc) is 2.69. The Balaban J connectivity index is 1.75. The van der Waals surface area contributed by atoms with Crippen molar-refractivity contribution >= 4 is 17.5 Å². The molecule has 0 spiro atoms. The number of piperidine rings is 1. The average molecular weight is 377 g/mol. The van der Waals surface area contributed by atoms with Crippen molar-refractivity contribution in [2.24, 2.45) is 0 Å². The van der Waals surface area contributed by atoms with Crippen molar-refractivity contribution in [2.45, 2.75) is 38.3 Å². The number of hydrogen-bond acceptors (Lipinski definition) is 7. The molecule has 2 aliphatic heterocycles.